The molecule has 1 aliphatic rings. The molecule has 5 heteroatoms. The highest BCUT2D eigenvalue weighted by Crippen LogP contribution is 2.48. The minimum atomic E-state index is -0.925. The lowest BCUT2D eigenvalue weighted by Crippen LogP contribution is -2.43. The van der Waals surface area contributed by atoms with Crippen molar-refractivity contribution >= 4 is 17.5 Å². The molecule has 3 aromatic rings. The number of hydrogen-bond acceptors (Lipinski definition) is 5. The number of esters is 1. The maximum atomic E-state index is 13.4. The van der Waals surface area contributed by atoms with Crippen molar-refractivity contribution in [3.05, 3.63) is 101 Å². The summed E-state index contributed by atoms with van der Waals surface area (Å²) in [7, 11) is 1.56. The van der Waals surface area contributed by atoms with Gasteiger partial charge in [-0.2, -0.15) is 0 Å². The number of ether oxygens (including phenoxy) is 2. The topological polar surface area (TPSA) is 69.7 Å². The third-order valence-corrected chi connectivity index (χ3v) is 7.37. The Morgan fingerprint density at radius 2 is 1.54 bits per heavy atom. The summed E-state index contributed by atoms with van der Waals surface area (Å²) >= 11 is 0. The minimum Gasteiger partial charge on any atom is -0.496 e. The lowest BCUT2D eigenvalue weighted by atomic mass is 9.62. The monoisotopic (exact) mass is 498 g/mol. The summed E-state index contributed by atoms with van der Waals surface area (Å²) in [5, 5.41) is 0. The van der Waals surface area contributed by atoms with E-state index in [0.717, 1.165) is 16.7 Å². The van der Waals surface area contributed by atoms with Crippen LogP contribution >= 0.6 is 0 Å². The van der Waals surface area contributed by atoms with E-state index in [1.54, 1.807) is 19.2 Å². The first-order valence-electron chi connectivity index (χ1n) is 13.0. The second-order valence-corrected chi connectivity index (χ2v) is 9.47. The first kappa shape index (κ1) is 26.3. The van der Waals surface area contributed by atoms with E-state index in [2.05, 4.69) is 0 Å². The van der Waals surface area contributed by atoms with E-state index in [9.17, 15) is 14.4 Å². The van der Waals surface area contributed by atoms with Crippen molar-refractivity contribution in [1.82, 2.24) is 0 Å². The molecule has 0 amide bonds. The number of methoxy groups -OCH3 is 1. The Morgan fingerprint density at radius 3 is 2.30 bits per heavy atom. The number of para-hydroxylation sites is 1. The first-order valence-corrected chi connectivity index (χ1v) is 13.0. The third kappa shape index (κ3) is 5.36. The zero-order valence-corrected chi connectivity index (χ0v) is 21.6. The lowest BCUT2D eigenvalue weighted by Gasteiger charge is -2.40. The molecule has 0 spiro atoms. The van der Waals surface area contributed by atoms with E-state index in [0.29, 0.717) is 56.4 Å². The molecular formula is C32H34O5. The van der Waals surface area contributed by atoms with E-state index in [4.69, 9.17) is 9.47 Å². The number of hydrogen-bond donors (Lipinski definition) is 0. The van der Waals surface area contributed by atoms with Crippen molar-refractivity contribution in [3.63, 3.8) is 0 Å². The molecule has 0 N–H and O–H groups in total. The molecule has 5 nitrogen and oxygen atoms in total. The van der Waals surface area contributed by atoms with Crippen LogP contribution in [0.15, 0.2) is 78.9 Å². The molecule has 0 radical (unpaired) electrons. The van der Waals surface area contributed by atoms with Gasteiger partial charge in [-0.15, -0.1) is 0 Å². The minimum absolute atomic E-state index is 0.0231. The van der Waals surface area contributed by atoms with Crippen LogP contribution < -0.4 is 4.74 Å². The Hall–Kier alpha value is -3.73. The molecule has 37 heavy (non-hydrogen) atoms. The van der Waals surface area contributed by atoms with Gasteiger partial charge in [0, 0.05) is 18.8 Å². The van der Waals surface area contributed by atoms with Crippen molar-refractivity contribution in [3.8, 4) is 5.75 Å². The molecule has 1 aliphatic carbocycles. The predicted molar refractivity (Wildman–Crippen MR) is 143 cm³/mol. The molecule has 0 unspecified atom stereocenters. The normalized spacial score (nSPS) is 18.5. The number of Topliss-reactive ketones (excluding diaryl/α,β-unsaturated/α-hetero) is 2. The molecule has 3 aromatic carbocycles. The third-order valence-electron chi connectivity index (χ3n) is 7.37. The molecule has 0 bridgehead atoms. The number of carbonyl (C=O) groups is 3. The zero-order chi connectivity index (χ0) is 26.3. The van der Waals surface area contributed by atoms with Crippen LogP contribution in [0.3, 0.4) is 0 Å². The molecule has 0 aliphatic heterocycles. The van der Waals surface area contributed by atoms with E-state index in [-0.39, 0.29) is 23.5 Å². The van der Waals surface area contributed by atoms with Gasteiger partial charge in [-0.25, -0.2) is 0 Å². The van der Waals surface area contributed by atoms with Crippen molar-refractivity contribution in [2.24, 2.45) is 0 Å². The maximum absolute atomic E-state index is 13.4. The summed E-state index contributed by atoms with van der Waals surface area (Å²) in [6, 6.07) is 24.7. The van der Waals surface area contributed by atoms with Gasteiger partial charge in [-0.1, -0.05) is 66.7 Å². The zero-order valence-electron chi connectivity index (χ0n) is 21.6. The van der Waals surface area contributed by atoms with Crippen LogP contribution in [0.4, 0.5) is 0 Å². The van der Waals surface area contributed by atoms with Gasteiger partial charge in [0.1, 0.15) is 16.9 Å². The van der Waals surface area contributed by atoms with Gasteiger partial charge in [0.2, 0.25) is 0 Å². The Balaban J connectivity index is 1.49. The Labute approximate surface area is 218 Å². The molecule has 192 valence electrons. The highest BCUT2D eigenvalue weighted by molar-refractivity contribution is 5.98. The van der Waals surface area contributed by atoms with Crippen LogP contribution in [-0.2, 0) is 19.7 Å². The molecular weight excluding hydrogens is 464 g/mol. The van der Waals surface area contributed by atoms with Gasteiger partial charge in [0.15, 0.2) is 5.78 Å². The molecule has 4 rings (SSSR count). The van der Waals surface area contributed by atoms with Crippen molar-refractivity contribution in [2.45, 2.75) is 56.8 Å². The summed E-state index contributed by atoms with van der Waals surface area (Å²) in [5.74, 6) is 0.213. The summed E-state index contributed by atoms with van der Waals surface area (Å²) in [5.41, 5.74) is 2.30. The number of fused-ring (bicyclic) bond motifs is 1. The summed E-state index contributed by atoms with van der Waals surface area (Å²) in [4.78, 5) is 39.5. The molecule has 0 aromatic heterocycles. The number of unbranched alkanes of at least 4 members (excludes halogenated alkanes) is 1. The van der Waals surface area contributed by atoms with E-state index >= 15 is 0 Å². The summed E-state index contributed by atoms with van der Waals surface area (Å²) in [6.45, 7) is 2.11. The van der Waals surface area contributed by atoms with Gasteiger partial charge >= 0.3 is 5.97 Å². The van der Waals surface area contributed by atoms with Crippen LogP contribution in [0.1, 0.15) is 78.4 Å². The van der Waals surface area contributed by atoms with E-state index < -0.39 is 5.41 Å². The fraction of sp³-hybridized carbons (Fsp3) is 0.344. The second-order valence-electron chi connectivity index (χ2n) is 9.47. The van der Waals surface area contributed by atoms with Crippen LogP contribution in [0.5, 0.6) is 5.75 Å². The Bertz CT molecular complexity index is 1250. The van der Waals surface area contributed by atoms with Gasteiger partial charge in [-0.05, 0) is 61.4 Å². The predicted octanol–water partition coefficient (Wildman–Crippen LogP) is 6.43. The number of rotatable bonds is 11. The van der Waals surface area contributed by atoms with Crippen molar-refractivity contribution < 1.29 is 23.9 Å². The fourth-order valence-corrected chi connectivity index (χ4v) is 5.55. The van der Waals surface area contributed by atoms with Crippen LogP contribution in [0.2, 0.25) is 0 Å². The second kappa shape index (κ2) is 12.0. The maximum Gasteiger partial charge on any atom is 0.321 e. The number of carbonyl (C=O) groups excluding carboxylic acids is 3. The summed E-state index contributed by atoms with van der Waals surface area (Å²) < 4.78 is 10.9. The molecule has 2 atom stereocenters. The van der Waals surface area contributed by atoms with E-state index in [1.807, 2.05) is 73.7 Å². The lowest BCUT2D eigenvalue weighted by molar-refractivity contribution is -0.149. The Kier molecular flexibility index (Phi) is 8.54. The Morgan fingerprint density at radius 1 is 0.865 bits per heavy atom. The van der Waals surface area contributed by atoms with Gasteiger partial charge in [-0.3, -0.25) is 14.4 Å². The average molecular weight is 499 g/mol. The van der Waals surface area contributed by atoms with Crippen LogP contribution in [0.25, 0.3) is 0 Å². The van der Waals surface area contributed by atoms with Gasteiger partial charge in [0.05, 0.1) is 19.3 Å². The van der Waals surface area contributed by atoms with Gasteiger partial charge in [0.25, 0.3) is 0 Å². The van der Waals surface area contributed by atoms with Gasteiger partial charge < -0.3 is 9.47 Å². The highest BCUT2D eigenvalue weighted by atomic mass is 16.5. The molecule has 0 fully saturated rings. The molecule has 0 saturated carbocycles. The number of ketones is 2. The fourth-order valence-electron chi connectivity index (χ4n) is 5.55. The largest absolute Gasteiger partial charge is 0.496 e. The smallest absolute Gasteiger partial charge is 0.321 e. The highest BCUT2D eigenvalue weighted by Gasteiger charge is 2.49. The quantitative estimate of drug-likeness (QED) is 0.173. The summed E-state index contributed by atoms with van der Waals surface area (Å²) in [6.07, 6.45) is 3.12. The number of benzene rings is 3. The molecule has 0 heterocycles. The van der Waals surface area contributed by atoms with Crippen molar-refractivity contribution in [1.29, 1.82) is 0 Å². The van der Waals surface area contributed by atoms with E-state index in [1.165, 1.54) is 0 Å². The van der Waals surface area contributed by atoms with Crippen LogP contribution in [-0.4, -0.2) is 31.3 Å². The first-order chi connectivity index (χ1) is 18.0. The van der Waals surface area contributed by atoms with Crippen molar-refractivity contribution in [2.75, 3.05) is 13.7 Å². The van der Waals surface area contributed by atoms with Crippen LogP contribution in [0, 0.1) is 0 Å². The standard InChI is InChI=1S/C32H34O5/c1-3-37-31(35)32(23-13-5-4-6-14-23)22-21-25(24-15-7-9-17-27(24)32)28(33)18-10-11-19-29(34)26-16-8-12-20-30(26)36-2/h4-9,12-17,20,25H,3,10-11,18-19,21-22H2,1-2H3/t25-,32-/m0/s1. The molecule has 0 saturated heterocycles. The SMILES string of the molecule is CCOC(=O)[C@]1(c2ccccc2)CC[C@H](C(=O)CCCCC(=O)c2ccccc2OC)c2ccccc21. The average Bonchev–Trinajstić information content (AvgIpc) is 2.95.